The van der Waals surface area contributed by atoms with E-state index in [0.717, 1.165) is 5.56 Å². The third kappa shape index (κ3) is 4.29. The van der Waals surface area contributed by atoms with Gasteiger partial charge >= 0.3 is 5.97 Å². The highest BCUT2D eigenvalue weighted by Crippen LogP contribution is 2.19. The van der Waals surface area contributed by atoms with Crippen molar-refractivity contribution in [1.29, 1.82) is 0 Å². The van der Waals surface area contributed by atoms with Crippen LogP contribution in [-0.2, 0) is 21.4 Å². The second kappa shape index (κ2) is 8.63. The number of carbonyl (C=O) groups is 1. The fraction of sp³-hybridized carbons (Fsp3) is 0.278. The summed E-state index contributed by atoms with van der Waals surface area (Å²) in [5.41, 5.74) is 1.06. The Labute approximate surface area is 166 Å². The summed E-state index contributed by atoms with van der Waals surface area (Å²) in [6.45, 7) is 4.12. The van der Waals surface area contributed by atoms with Gasteiger partial charge in [0.15, 0.2) is 6.61 Å². The molecule has 0 radical (unpaired) electrons. The number of aromatic nitrogens is 2. The first-order valence-electron chi connectivity index (χ1n) is 8.58. The van der Waals surface area contributed by atoms with E-state index in [1.807, 2.05) is 16.8 Å². The van der Waals surface area contributed by atoms with Gasteiger partial charge in [0.1, 0.15) is 0 Å². The molecule has 3 aromatic rings. The van der Waals surface area contributed by atoms with Crippen molar-refractivity contribution in [3.63, 3.8) is 0 Å². The van der Waals surface area contributed by atoms with E-state index in [1.54, 1.807) is 13.8 Å². The number of nitrogens with zero attached hydrogens (tertiary/aromatic N) is 3. The summed E-state index contributed by atoms with van der Waals surface area (Å²) >= 11 is 1.51. The minimum Gasteiger partial charge on any atom is -0.452 e. The van der Waals surface area contributed by atoms with Crippen LogP contribution in [0.4, 0.5) is 0 Å². The fourth-order valence-electron chi connectivity index (χ4n) is 2.51. The van der Waals surface area contributed by atoms with Crippen LogP contribution in [-0.4, -0.2) is 41.9 Å². The minimum atomic E-state index is -3.57. The average Bonchev–Trinajstić information content (AvgIpc) is 3.38. The summed E-state index contributed by atoms with van der Waals surface area (Å²) in [6.07, 6.45) is 0. The van der Waals surface area contributed by atoms with E-state index in [4.69, 9.17) is 9.26 Å². The number of esters is 1. The number of thiophene rings is 1. The van der Waals surface area contributed by atoms with E-state index in [9.17, 15) is 13.2 Å². The van der Waals surface area contributed by atoms with Crippen LogP contribution >= 0.6 is 11.3 Å². The molecule has 0 fully saturated rings. The van der Waals surface area contributed by atoms with Crippen molar-refractivity contribution >= 4 is 27.3 Å². The monoisotopic (exact) mass is 421 g/mol. The van der Waals surface area contributed by atoms with E-state index >= 15 is 0 Å². The van der Waals surface area contributed by atoms with Crippen molar-refractivity contribution in [1.82, 2.24) is 14.4 Å². The topological polar surface area (TPSA) is 103 Å². The van der Waals surface area contributed by atoms with Crippen molar-refractivity contribution in [2.75, 3.05) is 13.1 Å². The maximum absolute atomic E-state index is 12.5. The first kappa shape index (κ1) is 20.2. The number of hydrogen-bond acceptors (Lipinski definition) is 8. The lowest BCUT2D eigenvalue weighted by Gasteiger charge is -2.18. The van der Waals surface area contributed by atoms with E-state index in [2.05, 4.69) is 10.1 Å². The molecule has 0 saturated heterocycles. The highest BCUT2D eigenvalue weighted by Gasteiger charge is 2.22. The van der Waals surface area contributed by atoms with Crippen LogP contribution in [0.15, 0.2) is 50.5 Å². The van der Waals surface area contributed by atoms with Gasteiger partial charge in [0.25, 0.3) is 5.89 Å². The molecule has 2 heterocycles. The van der Waals surface area contributed by atoms with E-state index < -0.39 is 16.0 Å². The van der Waals surface area contributed by atoms with Crippen molar-refractivity contribution in [2.45, 2.75) is 25.3 Å². The molecule has 0 amide bonds. The van der Waals surface area contributed by atoms with Gasteiger partial charge in [-0.1, -0.05) is 19.0 Å². The lowest BCUT2D eigenvalue weighted by atomic mass is 10.2. The summed E-state index contributed by atoms with van der Waals surface area (Å²) in [5.74, 6) is -0.00406. The maximum Gasteiger partial charge on any atom is 0.338 e. The standard InChI is InChI=1S/C18H19N3O5S2/c1-3-21(4-2)28(23,24)15-7-5-13(6-8-15)18(22)25-11-16-19-17(20-26-16)14-9-10-27-12-14/h5-10,12H,3-4,11H2,1-2H3. The lowest BCUT2D eigenvalue weighted by molar-refractivity contribution is 0.0429. The number of benzene rings is 1. The zero-order chi connectivity index (χ0) is 20.1. The molecular weight excluding hydrogens is 402 g/mol. The van der Waals surface area contributed by atoms with Gasteiger partial charge in [-0.2, -0.15) is 20.6 Å². The zero-order valence-corrected chi connectivity index (χ0v) is 17.0. The number of hydrogen-bond donors (Lipinski definition) is 0. The largest absolute Gasteiger partial charge is 0.452 e. The normalized spacial score (nSPS) is 11.7. The molecule has 1 aromatic carbocycles. The Balaban J connectivity index is 1.64. The molecule has 2 aromatic heterocycles. The second-order valence-corrected chi connectivity index (χ2v) is 8.43. The van der Waals surface area contributed by atoms with Crippen molar-refractivity contribution in [3.8, 4) is 11.4 Å². The molecule has 8 nitrogen and oxygen atoms in total. The molecule has 0 spiro atoms. The summed E-state index contributed by atoms with van der Waals surface area (Å²) in [6, 6.07) is 7.49. The van der Waals surface area contributed by atoms with Gasteiger partial charge in [0, 0.05) is 24.0 Å². The molecule has 0 bridgehead atoms. The van der Waals surface area contributed by atoms with Gasteiger partial charge in [-0.3, -0.25) is 0 Å². The molecule has 148 valence electrons. The molecular formula is C18H19N3O5S2. The Kier molecular flexibility index (Phi) is 6.22. The van der Waals surface area contributed by atoms with Gasteiger partial charge < -0.3 is 9.26 Å². The molecule has 0 atom stereocenters. The van der Waals surface area contributed by atoms with Gasteiger partial charge in [-0.05, 0) is 35.7 Å². The number of rotatable bonds is 8. The van der Waals surface area contributed by atoms with Gasteiger partial charge in [-0.25, -0.2) is 13.2 Å². The van der Waals surface area contributed by atoms with Crippen molar-refractivity contribution < 1.29 is 22.5 Å². The molecule has 0 unspecified atom stereocenters. The first-order chi connectivity index (χ1) is 13.5. The van der Waals surface area contributed by atoms with Crippen molar-refractivity contribution in [3.05, 3.63) is 52.5 Å². The van der Waals surface area contributed by atoms with Crippen LogP contribution in [0.5, 0.6) is 0 Å². The fourth-order valence-corrected chi connectivity index (χ4v) is 4.60. The Morgan fingerprint density at radius 3 is 2.50 bits per heavy atom. The van der Waals surface area contributed by atoms with Crippen LogP contribution in [0.3, 0.4) is 0 Å². The maximum atomic E-state index is 12.5. The van der Waals surface area contributed by atoms with Crippen LogP contribution < -0.4 is 0 Å². The van der Waals surface area contributed by atoms with Crippen LogP contribution in [0, 0.1) is 0 Å². The summed E-state index contributed by atoms with van der Waals surface area (Å²) < 4.78 is 36.5. The number of sulfonamides is 1. The quantitative estimate of drug-likeness (QED) is 0.515. The molecule has 0 aliphatic rings. The molecule has 0 aliphatic carbocycles. The third-order valence-electron chi connectivity index (χ3n) is 4.01. The minimum absolute atomic E-state index is 0.130. The van der Waals surface area contributed by atoms with Crippen LogP contribution in [0.2, 0.25) is 0 Å². The molecule has 0 aliphatic heterocycles. The van der Waals surface area contributed by atoms with Crippen LogP contribution in [0.1, 0.15) is 30.1 Å². The van der Waals surface area contributed by atoms with E-state index in [0.29, 0.717) is 18.9 Å². The smallest absolute Gasteiger partial charge is 0.338 e. The third-order valence-corrected chi connectivity index (χ3v) is 6.75. The molecule has 0 saturated carbocycles. The Morgan fingerprint density at radius 2 is 1.89 bits per heavy atom. The first-order valence-corrected chi connectivity index (χ1v) is 11.0. The number of carbonyl (C=O) groups excluding carboxylic acids is 1. The summed E-state index contributed by atoms with van der Waals surface area (Å²) in [5, 5.41) is 7.62. The highest BCUT2D eigenvalue weighted by molar-refractivity contribution is 7.89. The van der Waals surface area contributed by atoms with Gasteiger partial charge in [0.05, 0.1) is 10.5 Å². The van der Waals surface area contributed by atoms with Crippen LogP contribution in [0.25, 0.3) is 11.4 Å². The van der Waals surface area contributed by atoms with Gasteiger partial charge in [0.2, 0.25) is 15.8 Å². The lowest BCUT2D eigenvalue weighted by Crippen LogP contribution is -2.30. The molecule has 0 N–H and O–H groups in total. The second-order valence-electron chi connectivity index (χ2n) is 5.71. The summed E-state index contributed by atoms with van der Waals surface area (Å²) in [4.78, 5) is 16.5. The summed E-state index contributed by atoms with van der Waals surface area (Å²) in [7, 11) is -3.57. The number of ether oxygens (including phenoxy) is 1. The Hall–Kier alpha value is -2.56. The van der Waals surface area contributed by atoms with Gasteiger partial charge in [-0.15, -0.1) is 0 Å². The highest BCUT2D eigenvalue weighted by atomic mass is 32.2. The molecule has 3 rings (SSSR count). The van der Waals surface area contributed by atoms with E-state index in [1.165, 1.54) is 39.9 Å². The predicted octanol–water partition coefficient (Wildman–Crippen LogP) is 3.19. The molecule has 10 heteroatoms. The average molecular weight is 422 g/mol. The van der Waals surface area contributed by atoms with Crippen molar-refractivity contribution in [2.24, 2.45) is 0 Å². The van der Waals surface area contributed by atoms with E-state index in [-0.39, 0.29) is 23.0 Å². The molecule has 28 heavy (non-hydrogen) atoms. The predicted molar refractivity (Wildman–Crippen MR) is 103 cm³/mol. The Bertz CT molecular complexity index is 1020. The SMILES string of the molecule is CCN(CC)S(=O)(=O)c1ccc(C(=O)OCc2nc(-c3ccsc3)no2)cc1. The Morgan fingerprint density at radius 1 is 1.18 bits per heavy atom. The zero-order valence-electron chi connectivity index (χ0n) is 15.4.